The third-order valence-electron chi connectivity index (χ3n) is 8.93. The number of hydrogen-bond acceptors (Lipinski definition) is 0. The van der Waals surface area contributed by atoms with Gasteiger partial charge in [0, 0.05) is 0 Å². The number of unbranched alkanes of at least 4 members (excludes halogenated alkanes) is 30. The van der Waals surface area contributed by atoms with Gasteiger partial charge in [0.05, 0.1) is 6.04 Å². The van der Waals surface area contributed by atoms with E-state index in [-0.39, 0.29) is 0 Å². The Balaban J connectivity index is 3.13. The summed E-state index contributed by atoms with van der Waals surface area (Å²) < 4.78 is 0. The van der Waals surface area contributed by atoms with Crippen LogP contribution in [0.1, 0.15) is 232 Å². The van der Waals surface area contributed by atoms with Crippen molar-refractivity contribution in [1.82, 2.24) is 0 Å². The molecule has 38 heavy (non-hydrogen) atoms. The van der Waals surface area contributed by atoms with Crippen molar-refractivity contribution in [1.29, 1.82) is 0 Å². The van der Waals surface area contributed by atoms with E-state index in [0.717, 1.165) is 0 Å². The van der Waals surface area contributed by atoms with Gasteiger partial charge in [-0.2, -0.15) is 0 Å². The van der Waals surface area contributed by atoms with Gasteiger partial charge in [0.15, 0.2) is 0 Å². The van der Waals surface area contributed by atoms with Crippen LogP contribution < -0.4 is 5.73 Å². The Labute approximate surface area is 243 Å². The average molecular weight is 537 g/mol. The lowest BCUT2D eigenvalue weighted by Crippen LogP contribution is -2.60. The van der Waals surface area contributed by atoms with Crippen molar-refractivity contribution >= 4 is 0 Å². The summed E-state index contributed by atoms with van der Waals surface area (Å²) >= 11 is 0. The van der Waals surface area contributed by atoms with E-state index in [1.54, 1.807) is 0 Å². The molecule has 0 rings (SSSR count). The van der Waals surface area contributed by atoms with Gasteiger partial charge in [0.2, 0.25) is 0 Å². The van der Waals surface area contributed by atoms with E-state index >= 15 is 0 Å². The highest BCUT2D eigenvalue weighted by Crippen LogP contribution is 2.16. The zero-order valence-electron chi connectivity index (χ0n) is 27.3. The third-order valence-corrected chi connectivity index (χ3v) is 8.93. The Morgan fingerprint density at radius 1 is 0.263 bits per heavy atom. The van der Waals surface area contributed by atoms with E-state index < -0.39 is 0 Å². The van der Waals surface area contributed by atoms with Crippen LogP contribution >= 0.6 is 0 Å². The molecule has 0 unspecified atom stereocenters. The molecule has 0 radical (unpaired) electrons. The maximum absolute atomic E-state index is 4.45. The standard InChI is InChI=1S/C37H77N/c1-3-5-7-9-11-13-15-17-19-21-23-25-27-29-31-33-35-37(38)36-34-32-30-28-26-24-22-20-18-16-14-12-10-8-6-4-2/h37H,3-36,38H2,1-2H3/p+1. The van der Waals surface area contributed by atoms with E-state index in [1.165, 1.54) is 218 Å². The molecule has 0 aliphatic carbocycles. The molecule has 0 saturated carbocycles. The maximum atomic E-state index is 4.45. The maximum Gasteiger partial charge on any atom is 0.0843 e. The topological polar surface area (TPSA) is 27.6 Å². The first kappa shape index (κ1) is 38.0. The predicted octanol–water partition coefficient (Wildman–Crippen LogP) is 12.9. The molecular formula is C37H78N+. The summed E-state index contributed by atoms with van der Waals surface area (Å²) in [6.07, 6.45) is 49.6. The van der Waals surface area contributed by atoms with E-state index in [9.17, 15) is 0 Å². The van der Waals surface area contributed by atoms with Gasteiger partial charge in [-0.1, -0.05) is 206 Å². The highest BCUT2D eigenvalue weighted by Gasteiger charge is 2.05. The molecule has 230 valence electrons. The lowest BCUT2D eigenvalue weighted by atomic mass is 10.00. The van der Waals surface area contributed by atoms with Crippen LogP contribution in [-0.4, -0.2) is 6.04 Å². The molecule has 0 saturated heterocycles. The fourth-order valence-electron chi connectivity index (χ4n) is 6.11. The minimum Gasteiger partial charge on any atom is -0.355 e. The fourth-order valence-corrected chi connectivity index (χ4v) is 6.11. The zero-order chi connectivity index (χ0) is 27.6. The molecule has 0 aromatic heterocycles. The van der Waals surface area contributed by atoms with Crippen LogP contribution in [0.15, 0.2) is 0 Å². The number of rotatable bonds is 34. The van der Waals surface area contributed by atoms with E-state index in [2.05, 4.69) is 19.6 Å². The molecule has 0 bridgehead atoms. The molecule has 0 aliphatic heterocycles. The second kappa shape index (κ2) is 35.0. The Kier molecular flexibility index (Phi) is 35.0. The van der Waals surface area contributed by atoms with Crippen LogP contribution in [0.25, 0.3) is 0 Å². The minimum atomic E-state index is 0.716. The Bertz CT molecular complexity index is 356. The quantitative estimate of drug-likeness (QED) is 0.0792. The molecule has 0 fully saturated rings. The van der Waals surface area contributed by atoms with Gasteiger partial charge in [-0.15, -0.1) is 0 Å². The molecule has 0 aromatic rings. The normalized spacial score (nSPS) is 11.7. The summed E-state index contributed by atoms with van der Waals surface area (Å²) in [6.45, 7) is 4.61. The van der Waals surface area contributed by atoms with Gasteiger partial charge in [0.1, 0.15) is 0 Å². The van der Waals surface area contributed by atoms with Crippen molar-refractivity contribution in [3.63, 3.8) is 0 Å². The van der Waals surface area contributed by atoms with Gasteiger partial charge < -0.3 is 5.73 Å². The van der Waals surface area contributed by atoms with Crippen LogP contribution in [0.2, 0.25) is 0 Å². The van der Waals surface area contributed by atoms with E-state index in [0.29, 0.717) is 6.04 Å². The zero-order valence-corrected chi connectivity index (χ0v) is 27.3. The lowest BCUT2D eigenvalue weighted by molar-refractivity contribution is -0.423. The van der Waals surface area contributed by atoms with Crippen molar-refractivity contribution in [2.45, 2.75) is 238 Å². The van der Waals surface area contributed by atoms with Gasteiger partial charge >= 0.3 is 0 Å². The summed E-state index contributed by atoms with van der Waals surface area (Å²) in [5, 5.41) is 0. The summed E-state index contributed by atoms with van der Waals surface area (Å²) in [5.74, 6) is 0. The first-order valence-electron chi connectivity index (χ1n) is 18.6. The van der Waals surface area contributed by atoms with E-state index in [4.69, 9.17) is 0 Å². The summed E-state index contributed by atoms with van der Waals surface area (Å²) in [7, 11) is 0. The van der Waals surface area contributed by atoms with E-state index in [1.807, 2.05) is 0 Å². The molecular weight excluding hydrogens is 458 g/mol. The number of hydrogen-bond donors (Lipinski definition) is 1. The SMILES string of the molecule is CCCCCCCCCCCCCCCCCCC([NH3+])CCCCCCCCCCCCCCCCCC. The molecule has 1 heteroatoms. The summed E-state index contributed by atoms with van der Waals surface area (Å²) in [5.41, 5.74) is 4.45. The van der Waals surface area contributed by atoms with Crippen molar-refractivity contribution in [2.24, 2.45) is 0 Å². The second-order valence-electron chi connectivity index (χ2n) is 13.0. The first-order chi connectivity index (χ1) is 18.8. The van der Waals surface area contributed by atoms with Gasteiger partial charge in [-0.25, -0.2) is 0 Å². The molecule has 0 heterocycles. The largest absolute Gasteiger partial charge is 0.355 e. The predicted molar refractivity (Wildman–Crippen MR) is 175 cm³/mol. The van der Waals surface area contributed by atoms with Crippen LogP contribution in [0.3, 0.4) is 0 Å². The summed E-state index contributed by atoms with van der Waals surface area (Å²) in [4.78, 5) is 0. The molecule has 3 N–H and O–H groups in total. The molecule has 0 atom stereocenters. The Hall–Kier alpha value is -0.0400. The van der Waals surface area contributed by atoms with Crippen LogP contribution in [-0.2, 0) is 0 Å². The molecule has 0 aromatic carbocycles. The smallest absolute Gasteiger partial charge is 0.0843 e. The first-order valence-corrected chi connectivity index (χ1v) is 18.6. The number of quaternary nitrogens is 1. The second-order valence-corrected chi connectivity index (χ2v) is 13.0. The minimum absolute atomic E-state index is 0.716. The van der Waals surface area contributed by atoms with Crippen LogP contribution in [0.5, 0.6) is 0 Å². The highest BCUT2D eigenvalue weighted by atomic mass is 14.6. The van der Waals surface area contributed by atoms with Gasteiger partial charge in [-0.05, 0) is 25.7 Å². The summed E-state index contributed by atoms with van der Waals surface area (Å²) in [6, 6.07) is 0.716. The lowest BCUT2D eigenvalue weighted by Gasteiger charge is -2.09. The monoisotopic (exact) mass is 537 g/mol. The van der Waals surface area contributed by atoms with Gasteiger partial charge in [-0.3, -0.25) is 0 Å². The van der Waals surface area contributed by atoms with Crippen LogP contribution in [0.4, 0.5) is 0 Å². The Morgan fingerprint density at radius 2 is 0.421 bits per heavy atom. The molecule has 0 spiro atoms. The van der Waals surface area contributed by atoms with Crippen molar-refractivity contribution in [3.8, 4) is 0 Å². The molecule has 0 amide bonds. The van der Waals surface area contributed by atoms with Gasteiger partial charge in [0.25, 0.3) is 0 Å². The van der Waals surface area contributed by atoms with Crippen LogP contribution in [0, 0.1) is 0 Å². The van der Waals surface area contributed by atoms with Crippen molar-refractivity contribution in [2.75, 3.05) is 0 Å². The average Bonchev–Trinajstić information content (AvgIpc) is 2.92. The highest BCUT2D eigenvalue weighted by molar-refractivity contribution is 4.57. The van der Waals surface area contributed by atoms with Crippen molar-refractivity contribution in [3.05, 3.63) is 0 Å². The Morgan fingerprint density at radius 3 is 0.605 bits per heavy atom. The molecule has 0 aliphatic rings. The van der Waals surface area contributed by atoms with Crippen molar-refractivity contribution < 1.29 is 5.73 Å². The molecule has 1 nitrogen and oxygen atoms in total. The fraction of sp³-hybridized carbons (Fsp3) is 1.00. The third kappa shape index (κ3) is 34.0.